The highest BCUT2D eigenvalue weighted by Crippen LogP contribution is 2.36. The Labute approximate surface area is 195 Å². The van der Waals surface area contributed by atoms with Crippen molar-refractivity contribution in [2.45, 2.75) is 13.8 Å². The van der Waals surface area contributed by atoms with Gasteiger partial charge in [0.15, 0.2) is 11.6 Å². The van der Waals surface area contributed by atoms with Crippen molar-refractivity contribution in [1.82, 2.24) is 0 Å². The van der Waals surface area contributed by atoms with Gasteiger partial charge in [-0.15, -0.1) is 0 Å². The highest BCUT2D eigenvalue weighted by molar-refractivity contribution is 6.46. The molecule has 34 heavy (non-hydrogen) atoms. The van der Waals surface area contributed by atoms with E-state index in [1.54, 1.807) is 6.07 Å². The molecule has 168 valence electrons. The molecule has 0 saturated carbocycles. The molecule has 0 fully saturated rings. The number of benzene rings is 4. The van der Waals surface area contributed by atoms with E-state index in [4.69, 9.17) is 0 Å². The number of rotatable bonds is 4. The second kappa shape index (κ2) is 8.23. The summed E-state index contributed by atoms with van der Waals surface area (Å²) in [5.41, 5.74) is 3.31. The minimum Gasteiger partial charge on any atom is -0.350 e. The van der Waals surface area contributed by atoms with Crippen LogP contribution in [0, 0.1) is 25.5 Å². The smallest absolute Gasteiger partial charge is 0.282 e. The maximum Gasteiger partial charge on any atom is 0.282 e. The number of hydrogen-bond acceptors (Lipinski definition) is 3. The van der Waals surface area contributed by atoms with Gasteiger partial charge in [0.1, 0.15) is 5.70 Å². The Balaban J connectivity index is 1.69. The first-order chi connectivity index (χ1) is 16.3. The lowest BCUT2D eigenvalue weighted by Crippen LogP contribution is -2.32. The summed E-state index contributed by atoms with van der Waals surface area (Å²) in [5.74, 6) is -3.44. The predicted molar refractivity (Wildman–Crippen MR) is 129 cm³/mol. The molecule has 6 heteroatoms. The van der Waals surface area contributed by atoms with Crippen LogP contribution in [-0.2, 0) is 9.59 Å². The molecule has 0 bridgehead atoms. The lowest BCUT2D eigenvalue weighted by Gasteiger charge is -2.16. The molecule has 4 nitrogen and oxygen atoms in total. The minimum absolute atomic E-state index is 0.0362. The first-order valence-corrected chi connectivity index (χ1v) is 10.8. The van der Waals surface area contributed by atoms with Crippen molar-refractivity contribution in [3.8, 4) is 0 Å². The molecule has 1 aliphatic rings. The molecule has 0 aliphatic carbocycles. The number of nitrogens with zero attached hydrogens (tertiary/aromatic N) is 1. The zero-order valence-corrected chi connectivity index (χ0v) is 18.5. The summed E-state index contributed by atoms with van der Waals surface area (Å²) in [5, 5.41) is 5.03. The number of imide groups is 1. The summed E-state index contributed by atoms with van der Waals surface area (Å²) in [6, 6.07) is 21.9. The van der Waals surface area contributed by atoms with E-state index in [1.807, 2.05) is 68.4 Å². The van der Waals surface area contributed by atoms with Crippen molar-refractivity contribution < 1.29 is 18.4 Å². The van der Waals surface area contributed by atoms with Crippen LogP contribution >= 0.6 is 0 Å². The molecule has 0 atom stereocenters. The zero-order valence-electron chi connectivity index (χ0n) is 18.5. The molecular weight excluding hydrogens is 434 g/mol. The molecule has 1 aliphatic heterocycles. The number of aryl methyl sites for hydroxylation is 2. The van der Waals surface area contributed by atoms with Crippen molar-refractivity contribution in [2.75, 3.05) is 10.2 Å². The van der Waals surface area contributed by atoms with Crippen molar-refractivity contribution in [2.24, 2.45) is 0 Å². The zero-order chi connectivity index (χ0) is 24.0. The Bertz CT molecular complexity index is 1520. The summed E-state index contributed by atoms with van der Waals surface area (Å²) in [6.07, 6.45) is 0. The lowest BCUT2D eigenvalue weighted by atomic mass is 9.97. The number of anilines is 2. The van der Waals surface area contributed by atoms with E-state index in [2.05, 4.69) is 5.32 Å². The molecule has 2 amide bonds. The predicted octanol–water partition coefficient (Wildman–Crippen LogP) is 6.13. The lowest BCUT2D eigenvalue weighted by molar-refractivity contribution is -0.120. The Kier molecular flexibility index (Phi) is 5.21. The molecule has 0 unspecified atom stereocenters. The van der Waals surface area contributed by atoms with Crippen LogP contribution in [0.5, 0.6) is 0 Å². The minimum atomic E-state index is -1.14. The highest BCUT2D eigenvalue weighted by atomic mass is 19.2. The first-order valence-electron chi connectivity index (χ1n) is 10.8. The Morgan fingerprint density at radius 1 is 0.765 bits per heavy atom. The van der Waals surface area contributed by atoms with Crippen LogP contribution in [0.3, 0.4) is 0 Å². The summed E-state index contributed by atoms with van der Waals surface area (Å²) in [6.45, 7) is 3.80. The Morgan fingerprint density at radius 2 is 1.53 bits per heavy atom. The van der Waals surface area contributed by atoms with Crippen molar-refractivity contribution >= 4 is 39.5 Å². The third-order valence-electron chi connectivity index (χ3n) is 5.95. The molecule has 4 aromatic rings. The van der Waals surface area contributed by atoms with E-state index in [0.717, 1.165) is 38.9 Å². The largest absolute Gasteiger partial charge is 0.350 e. The van der Waals surface area contributed by atoms with E-state index in [9.17, 15) is 18.4 Å². The molecule has 5 rings (SSSR count). The van der Waals surface area contributed by atoms with Crippen molar-refractivity contribution in [3.05, 3.63) is 113 Å². The second-order valence-electron chi connectivity index (χ2n) is 8.26. The van der Waals surface area contributed by atoms with Crippen LogP contribution in [0.2, 0.25) is 0 Å². The Hall–Kier alpha value is -4.32. The maximum absolute atomic E-state index is 14.0. The maximum atomic E-state index is 14.0. The van der Waals surface area contributed by atoms with E-state index in [0.29, 0.717) is 11.3 Å². The average molecular weight is 454 g/mol. The molecule has 0 aromatic heterocycles. The quantitative estimate of drug-likeness (QED) is 0.377. The second-order valence-corrected chi connectivity index (χ2v) is 8.26. The monoisotopic (exact) mass is 454 g/mol. The van der Waals surface area contributed by atoms with Gasteiger partial charge in [0.2, 0.25) is 0 Å². The summed E-state index contributed by atoms with van der Waals surface area (Å²) < 4.78 is 27.5. The molecule has 4 aromatic carbocycles. The van der Waals surface area contributed by atoms with Gasteiger partial charge in [0.05, 0.1) is 11.3 Å². The Morgan fingerprint density at radius 3 is 2.29 bits per heavy atom. The van der Waals surface area contributed by atoms with E-state index in [-0.39, 0.29) is 17.0 Å². The van der Waals surface area contributed by atoms with Gasteiger partial charge in [0, 0.05) is 17.1 Å². The standard InChI is InChI=1S/C28H20F2N2O2/c1-16-10-12-20(17(2)14-16)25-26(31-24-9-5-7-18-6-3-4-8-21(18)24)28(34)32(27(25)33)19-11-13-22(29)23(30)15-19/h3-15,31H,1-2H3. The average Bonchev–Trinajstić information content (AvgIpc) is 3.05. The van der Waals surface area contributed by atoms with Crippen LogP contribution in [0.4, 0.5) is 20.2 Å². The topological polar surface area (TPSA) is 49.4 Å². The van der Waals surface area contributed by atoms with Crippen LogP contribution < -0.4 is 10.2 Å². The van der Waals surface area contributed by atoms with Gasteiger partial charge >= 0.3 is 0 Å². The number of carbonyl (C=O) groups excluding carboxylic acids is 2. The number of hydrogen-bond donors (Lipinski definition) is 1. The molecular formula is C28H20F2N2O2. The summed E-state index contributed by atoms with van der Waals surface area (Å²) in [4.78, 5) is 28.1. The highest BCUT2D eigenvalue weighted by Gasteiger charge is 2.41. The fourth-order valence-corrected chi connectivity index (χ4v) is 4.32. The van der Waals surface area contributed by atoms with Gasteiger partial charge in [-0.2, -0.15) is 0 Å². The van der Waals surface area contributed by atoms with Gasteiger partial charge in [-0.25, -0.2) is 13.7 Å². The SMILES string of the molecule is Cc1ccc(C2=C(Nc3cccc4ccccc34)C(=O)N(c3ccc(F)c(F)c3)C2=O)c(C)c1. The van der Waals surface area contributed by atoms with Crippen LogP contribution in [-0.4, -0.2) is 11.8 Å². The van der Waals surface area contributed by atoms with Gasteiger partial charge in [-0.05, 0) is 48.6 Å². The normalized spacial score (nSPS) is 13.8. The van der Waals surface area contributed by atoms with Gasteiger partial charge < -0.3 is 5.32 Å². The fraction of sp³-hybridized carbons (Fsp3) is 0.0714. The van der Waals surface area contributed by atoms with Gasteiger partial charge in [-0.1, -0.05) is 60.2 Å². The van der Waals surface area contributed by atoms with E-state index < -0.39 is 23.4 Å². The molecule has 1 N–H and O–H groups in total. The van der Waals surface area contributed by atoms with Crippen molar-refractivity contribution in [1.29, 1.82) is 0 Å². The van der Waals surface area contributed by atoms with Gasteiger partial charge in [0.25, 0.3) is 11.8 Å². The first kappa shape index (κ1) is 21.5. The van der Waals surface area contributed by atoms with Crippen LogP contribution in [0.25, 0.3) is 16.3 Å². The summed E-state index contributed by atoms with van der Waals surface area (Å²) in [7, 11) is 0. The van der Waals surface area contributed by atoms with Crippen LogP contribution in [0.15, 0.2) is 84.6 Å². The molecule has 0 spiro atoms. The number of amides is 2. The third-order valence-corrected chi connectivity index (χ3v) is 5.95. The number of carbonyl (C=O) groups is 2. The number of halogens is 2. The number of fused-ring (bicyclic) bond motifs is 1. The van der Waals surface area contributed by atoms with Crippen molar-refractivity contribution in [3.63, 3.8) is 0 Å². The third kappa shape index (κ3) is 3.53. The molecule has 0 radical (unpaired) electrons. The van der Waals surface area contributed by atoms with Crippen LogP contribution in [0.1, 0.15) is 16.7 Å². The van der Waals surface area contributed by atoms with Gasteiger partial charge in [-0.3, -0.25) is 9.59 Å². The molecule has 1 heterocycles. The summed E-state index contributed by atoms with van der Waals surface area (Å²) >= 11 is 0. The van der Waals surface area contributed by atoms with E-state index in [1.165, 1.54) is 6.07 Å². The molecule has 0 saturated heterocycles. The van der Waals surface area contributed by atoms with E-state index >= 15 is 0 Å². The number of nitrogens with one attached hydrogen (secondary N) is 1. The fourth-order valence-electron chi connectivity index (χ4n) is 4.32.